The summed E-state index contributed by atoms with van der Waals surface area (Å²) in [5, 5.41) is 8.93. The van der Waals surface area contributed by atoms with E-state index in [0.29, 0.717) is 24.9 Å². The molecule has 0 spiro atoms. The third-order valence-electron chi connectivity index (χ3n) is 2.68. The number of nitrogens with zero attached hydrogens (tertiary/aromatic N) is 2. The van der Waals surface area contributed by atoms with E-state index in [0.717, 1.165) is 0 Å². The Kier molecular flexibility index (Phi) is 6.73. The number of aliphatic carboxylic acids is 1. The molecular formula is C13H26N2O3. The summed E-state index contributed by atoms with van der Waals surface area (Å²) in [5.74, 6) is -0.262. The van der Waals surface area contributed by atoms with Crippen LogP contribution in [-0.4, -0.2) is 53.1 Å². The summed E-state index contributed by atoms with van der Waals surface area (Å²) >= 11 is 0. The summed E-state index contributed by atoms with van der Waals surface area (Å²) < 4.78 is 0. The van der Waals surface area contributed by atoms with Crippen molar-refractivity contribution in [3.63, 3.8) is 0 Å². The lowest BCUT2D eigenvalue weighted by atomic mass is 10.1. The smallest absolute Gasteiger partial charge is 0.326 e. The number of carbonyl (C=O) groups excluding carboxylic acids is 1. The van der Waals surface area contributed by atoms with Gasteiger partial charge in [-0.25, -0.2) is 9.59 Å². The minimum Gasteiger partial charge on any atom is -0.480 e. The Bertz CT molecular complexity index is 280. The molecule has 0 radical (unpaired) electrons. The van der Waals surface area contributed by atoms with Crippen LogP contribution in [0, 0.1) is 11.8 Å². The van der Waals surface area contributed by atoms with E-state index in [1.54, 1.807) is 4.90 Å². The molecule has 0 heterocycles. The van der Waals surface area contributed by atoms with Gasteiger partial charge in [0.25, 0.3) is 0 Å². The first kappa shape index (κ1) is 16.7. The number of carboxylic acid groups (broad SMARTS) is 1. The molecule has 2 amide bonds. The topological polar surface area (TPSA) is 60.9 Å². The van der Waals surface area contributed by atoms with Gasteiger partial charge < -0.3 is 14.9 Å². The monoisotopic (exact) mass is 258 g/mol. The van der Waals surface area contributed by atoms with Crippen LogP contribution in [0.1, 0.15) is 34.6 Å². The van der Waals surface area contributed by atoms with Crippen LogP contribution in [0.5, 0.6) is 0 Å². The average molecular weight is 258 g/mol. The minimum absolute atomic E-state index is 0.215. The molecule has 0 aromatic heterocycles. The van der Waals surface area contributed by atoms with Gasteiger partial charge in [0.15, 0.2) is 0 Å². The zero-order chi connectivity index (χ0) is 14.5. The molecule has 0 aliphatic heterocycles. The van der Waals surface area contributed by atoms with Crippen molar-refractivity contribution in [1.29, 1.82) is 0 Å². The molecule has 0 fully saturated rings. The molecule has 0 aromatic rings. The van der Waals surface area contributed by atoms with Crippen LogP contribution in [0.25, 0.3) is 0 Å². The fourth-order valence-electron chi connectivity index (χ4n) is 1.67. The van der Waals surface area contributed by atoms with Gasteiger partial charge >= 0.3 is 12.0 Å². The minimum atomic E-state index is -0.986. The van der Waals surface area contributed by atoms with Crippen molar-refractivity contribution in [3.05, 3.63) is 0 Å². The van der Waals surface area contributed by atoms with E-state index in [1.807, 2.05) is 27.7 Å². The van der Waals surface area contributed by atoms with E-state index in [-0.39, 0.29) is 6.03 Å². The maximum Gasteiger partial charge on any atom is 0.326 e. The third-order valence-corrected chi connectivity index (χ3v) is 2.68. The number of rotatable bonds is 6. The van der Waals surface area contributed by atoms with Crippen LogP contribution in [0.3, 0.4) is 0 Å². The van der Waals surface area contributed by atoms with Gasteiger partial charge in [-0.1, -0.05) is 27.7 Å². The average Bonchev–Trinajstić information content (AvgIpc) is 2.23. The van der Waals surface area contributed by atoms with Gasteiger partial charge in [0.05, 0.1) is 0 Å². The molecule has 5 nitrogen and oxygen atoms in total. The van der Waals surface area contributed by atoms with Crippen LogP contribution in [-0.2, 0) is 4.79 Å². The van der Waals surface area contributed by atoms with Gasteiger partial charge in [-0.15, -0.1) is 0 Å². The molecule has 0 saturated carbocycles. The summed E-state index contributed by atoms with van der Waals surface area (Å²) in [5.41, 5.74) is 0. The van der Waals surface area contributed by atoms with Gasteiger partial charge in [-0.3, -0.25) is 0 Å². The van der Waals surface area contributed by atoms with Crippen LogP contribution in [0.2, 0.25) is 0 Å². The highest BCUT2D eigenvalue weighted by atomic mass is 16.4. The molecule has 0 aliphatic carbocycles. The third kappa shape index (κ3) is 5.38. The SMILES string of the molecule is CC(C)CN(CC(C)C)C(=O)N(C)C(C)C(=O)O. The Morgan fingerprint density at radius 3 is 1.67 bits per heavy atom. The van der Waals surface area contributed by atoms with Crippen LogP contribution in [0.4, 0.5) is 4.79 Å². The van der Waals surface area contributed by atoms with E-state index in [4.69, 9.17) is 5.11 Å². The number of carboxylic acids is 1. The fourth-order valence-corrected chi connectivity index (χ4v) is 1.67. The first-order chi connectivity index (χ1) is 8.16. The van der Waals surface area contributed by atoms with Crippen LogP contribution >= 0.6 is 0 Å². The standard InChI is InChI=1S/C13H26N2O3/c1-9(2)7-15(8-10(3)4)13(18)14(6)11(5)12(16)17/h9-11H,7-8H2,1-6H3,(H,16,17). The van der Waals surface area contributed by atoms with Crippen molar-refractivity contribution in [2.45, 2.75) is 40.7 Å². The quantitative estimate of drug-likeness (QED) is 0.794. The highest BCUT2D eigenvalue weighted by Crippen LogP contribution is 2.09. The molecule has 0 bridgehead atoms. The van der Waals surface area contributed by atoms with Gasteiger partial charge in [-0.05, 0) is 18.8 Å². The Labute approximate surface area is 110 Å². The number of urea groups is 1. The highest BCUT2D eigenvalue weighted by Gasteiger charge is 2.26. The molecule has 18 heavy (non-hydrogen) atoms. The second kappa shape index (κ2) is 7.24. The number of amides is 2. The summed E-state index contributed by atoms with van der Waals surface area (Å²) in [6, 6.07) is -1.02. The van der Waals surface area contributed by atoms with Crippen molar-refractivity contribution in [2.24, 2.45) is 11.8 Å². The number of hydrogen-bond acceptors (Lipinski definition) is 2. The predicted octanol–water partition coefficient (Wildman–Crippen LogP) is 2.13. The summed E-state index contributed by atoms with van der Waals surface area (Å²) in [7, 11) is 1.54. The Morgan fingerprint density at radius 2 is 1.39 bits per heavy atom. The lowest BCUT2D eigenvalue weighted by Gasteiger charge is -2.32. The van der Waals surface area contributed by atoms with Crippen LogP contribution in [0.15, 0.2) is 0 Å². The molecular weight excluding hydrogens is 232 g/mol. The van der Waals surface area contributed by atoms with Gasteiger partial charge in [0.2, 0.25) is 0 Å². The maximum absolute atomic E-state index is 12.2. The molecule has 0 aliphatic rings. The zero-order valence-electron chi connectivity index (χ0n) is 12.3. The summed E-state index contributed by atoms with van der Waals surface area (Å²) in [4.78, 5) is 26.2. The Morgan fingerprint density at radius 1 is 1.00 bits per heavy atom. The second-order valence-electron chi connectivity index (χ2n) is 5.60. The van der Waals surface area contributed by atoms with Gasteiger partial charge in [-0.2, -0.15) is 0 Å². The van der Waals surface area contributed by atoms with Crippen molar-refractivity contribution in [3.8, 4) is 0 Å². The molecule has 1 unspecified atom stereocenters. The number of hydrogen-bond donors (Lipinski definition) is 1. The van der Waals surface area contributed by atoms with E-state index >= 15 is 0 Å². The maximum atomic E-state index is 12.2. The molecule has 0 rings (SSSR count). The zero-order valence-corrected chi connectivity index (χ0v) is 12.3. The first-order valence-electron chi connectivity index (χ1n) is 6.41. The first-order valence-corrected chi connectivity index (χ1v) is 6.41. The largest absolute Gasteiger partial charge is 0.480 e. The van der Waals surface area contributed by atoms with Crippen LogP contribution < -0.4 is 0 Å². The summed E-state index contributed by atoms with van der Waals surface area (Å²) in [6.07, 6.45) is 0. The van der Waals surface area contributed by atoms with Crippen molar-refractivity contribution >= 4 is 12.0 Å². The normalized spacial score (nSPS) is 12.7. The van der Waals surface area contributed by atoms with Crippen molar-refractivity contribution in [1.82, 2.24) is 9.80 Å². The predicted molar refractivity (Wildman–Crippen MR) is 71.5 cm³/mol. The Hall–Kier alpha value is -1.26. The van der Waals surface area contributed by atoms with Crippen molar-refractivity contribution < 1.29 is 14.7 Å². The molecule has 0 saturated heterocycles. The highest BCUT2D eigenvalue weighted by molar-refractivity contribution is 5.82. The van der Waals surface area contributed by atoms with Gasteiger partial charge in [0.1, 0.15) is 6.04 Å². The fraction of sp³-hybridized carbons (Fsp3) is 0.846. The van der Waals surface area contributed by atoms with E-state index in [1.165, 1.54) is 18.9 Å². The number of likely N-dealkylation sites (N-methyl/N-ethyl adjacent to an activating group) is 1. The van der Waals surface area contributed by atoms with E-state index in [9.17, 15) is 9.59 Å². The molecule has 0 aromatic carbocycles. The molecule has 106 valence electrons. The number of carbonyl (C=O) groups is 2. The van der Waals surface area contributed by atoms with Crippen molar-refractivity contribution in [2.75, 3.05) is 20.1 Å². The Balaban J connectivity index is 4.77. The molecule has 1 atom stereocenters. The lowest BCUT2D eigenvalue weighted by molar-refractivity contribution is -0.141. The molecule has 5 heteroatoms. The second-order valence-corrected chi connectivity index (χ2v) is 5.60. The molecule has 1 N–H and O–H groups in total. The van der Waals surface area contributed by atoms with E-state index in [2.05, 4.69) is 0 Å². The van der Waals surface area contributed by atoms with Gasteiger partial charge in [0, 0.05) is 20.1 Å². The summed E-state index contributed by atoms with van der Waals surface area (Å²) in [6.45, 7) is 11.0. The van der Waals surface area contributed by atoms with E-state index < -0.39 is 12.0 Å². The lowest BCUT2D eigenvalue weighted by Crippen LogP contribution is -2.49.